The van der Waals surface area contributed by atoms with Gasteiger partial charge in [-0.15, -0.1) is 0 Å². The molecule has 0 bridgehead atoms. The van der Waals surface area contributed by atoms with Gasteiger partial charge < -0.3 is 5.73 Å². The second kappa shape index (κ2) is 5.71. The maximum atomic E-state index is 12.9. The van der Waals surface area contributed by atoms with Crippen molar-refractivity contribution in [1.82, 2.24) is 4.98 Å². The number of Topliss-reactive ketones (excluding diaryl/α,β-unsaturated/α-hetero) is 1. The first-order valence-corrected chi connectivity index (χ1v) is 7.38. The van der Waals surface area contributed by atoms with Crippen LogP contribution in [0.4, 0.5) is 0 Å². The summed E-state index contributed by atoms with van der Waals surface area (Å²) in [6.07, 6.45) is 7.96. The van der Waals surface area contributed by atoms with Crippen molar-refractivity contribution in [3.8, 4) is 0 Å². The SMILES string of the molecule is NCC1CCCCC1C(=O)c1cccc2cnccc12. The number of rotatable bonds is 3. The number of nitrogens with two attached hydrogens (primary N) is 1. The van der Waals surface area contributed by atoms with Crippen LogP contribution >= 0.6 is 0 Å². The molecule has 1 aliphatic rings. The summed E-state index contributed by atoms with van der Waals surface area (Å²) >= 11 is 0. The van der Waals surface area contributed by atoms with E-state index in [4.69, 9.17) is 5.73 Å². The van der Waals surface area contributed by atoms with Crippen molar-refractivity contribution >= 4 is 16.6 Å². The van der Waals surface area contributed by atoms with E-state index < -0.39 is 0 Å². The van der Waals surface area contributed by atoms with E-state index in [9.17, 15) is 4.79 Å². The van der Waals surface area contributed by atoms with Crippen LogP contribution in [-0.4, -0.2) is 17.3 Å². The van der Waals surface area contributed by atoms with Crippen molar-refractivity contribution < 1.29 is 4.79 Å². The number of aromatic nitrogens is 1. The van der Waals surface area contributed by atoms with Crippen LogP contribution in [0, 0.1) is 11.8 Å². The molecule has 0 spiro atoms. The Morgan fingerprint density at radius 3 is 2.95 bits per heavy atom. The van der Waals surface area contributed by atoms with E-state index in [1.54, 1.807) is 6.20 Å². The van der Waals surface area contributed by atoms with Crippen LogP contribution in [0.2, 0.25) is 0 Å². The smallest absolute Gasteiger partial charge is 0.166 e. The first kappa shape index (κ1) is 13.3. The average molecular weight is 268 g/mol. The third-order valence-electron chi connectivity index (χ3n) is 4.49. The van der Waals surface area contributed by atoms with Crippen LogP contribution in [0.5, 0.6) is 0 Å². The van der Waals surface area contributed by atoms with Gasteiger partial charge >= 0.3 is 0 Å². The summed E-state index contributed by atoms with van der Waals surface area (Å²) in [5.74, 6) is 0.692. The lowest BCUT2D eigenvalue weighted by atomic mass is 9.75. The summed E-state index contributed by atoms with van der Waals surface area (Å²) in [6.45, 7) is 0.614. The van der Waals surface area contributed by atoms with E-state index in [1.807, 2.05) is 30.5 Å². The van der Waals surface area contributed by atoms with Gasteiger partial charge in [0.15, 0.2) is 5.78 Å². The van der Waals surface area contributed by atoms with Crippen molar-refractivity contribution in [3.63, 3.8) is 0 Å². The van der Waals surface area contributed by atoms with E-state index in [1.165, 1.54) is 6.42 Å². The number of hydrogen-bond acceptors (Lipinski definition) is 3. The van der Waals surface area contributed by atoms with Crippen LogP contribution in [0.25, 0.3) is 10.8 Å². The zero-order valence-corrected chi connectivity index (χ0v) is 11.6. The maximum Gasteiger partial charge on any atom is 0.166 e. The summed E-state index contributed by atoms with van der Waals surface area (Å²) in [4.78, 5) is 17.0. The van der Waals surface area contributed by atoms with Crippen molar-refractivity contribution in [3.05, 3.63) is 42.2 Å². The first-order valence-electron chi connectivity index (χ1n) is 7.38. The molecule has 2 atom stereocenters. The lowest BCUT2D eigenvalue weighted by molar-refractivity contribution is 0.0831. The molecule has 1 aliphatic carbocycles. The molecule has 0 saturated heterocycles. The van der Waals surface area contributed by atoms with Gasteiger partial charge in [0.05, 0.1) is 0 Å². The molecule has 2 unspecified atom stereocenters. The number of nitrogens with zero attached hydrogens (tertiary/aromatic N) is 1. The van der Waals surface area contributed by atoms with Gasteiger partial charge in [0.1, 0.15) is 0 Å². The third kappa shape index (κ3) is 2.34. The van der Waals surface area contributed by atoms with E-state index in [-0.39, 0.29) is 11.7 Å². The first-order chi connectivity index (χ1) is 9.81. The molecule has 1 aromatic carbocycles. The molecule has 20 heavy (non-hydrogen) atoms. The second-order valence-electron chi connectivity index (χ2n) is 5.65. The van der Waals surface area contributed by atoms with Gasteiger partial charge in [-0.25, -0.2) is 0 Å². The van der Waals surface area contributed by atoms with E-state index in [2.05, 4.69) is 4.98 Å². The molecule has 3 rings (SSSR count). The van der Waals surface area contributed by atoms with Crippen molar-refractivity contribution in [2.45, 2.75) is 25.7 Å². The number of carbonyl (C=O) groups excluding carboxylic acids is 1. The minimum absolute atomic E-state index is 0.0903. The minimum atomic E-state index is 0.0903. The van der Waals surface area contributed by atoms with Crippen molar-refractivity contribution in [1.29, 1.82) is 0 Å². The van der Waals surface area contributed by atoms with E-state index in [0.717, 1.165) is 35.6 Å². The van der Waals surface area contributed by atoms with Gasteiger partial charge in [0.25, 0.3) is 0 Å². The summed E-state index contributed by atoms with van der Waals surface area (Å²) in [5, 5.41) is 2.03. The van der Waals surface area contributed by atoms with Gasteiger partial charge in [-0.1, -0.05) is 31.0 Å². The molecule has 1 aromatic heterocycles. The zero-order valence-electron chi connectivity index (χ0n) is 11.6. The van der Waals surface area contributed by atoms with E-state index >= 15 is 0 Å². The highest BCUT2D eigenvalue weighted by molar-refractivity contribution is 6.09. The minimum Gasteiger partial charge on any atom is -0.330 e. The number of carbonyl (C=O) groups is 1. The molecule has 104 valence electrons. The van der Waals surface area contributed by atoms with Gasteiger partial charge in [0.2, 0.25) is 0 Å². The highest BCUT2D eigenvalue weighted by Gasteiger charge is 2.31. The Kier molecular flexibility index (Phi) is 3.79. The molecular weight excluding hydrogens is 248 g/mol. The van der Waals surface area contributed by atoms with Crippen LogP contribution in [0.15, 0.2) is 36.7 Å². The molecule has 1 fully saturated rings. The molecule has 3 heteroatoms. The van der Waals surface area contributed by atoms with Gasteiger partial charge in [-0.05, 0) is 36.8 Å². The Bertz CT molecular complexity index is 618. The molecule has 1 heterocycles. The molecular formula is C17H20N2O. The van der Waals surface area contributed by atoms with Gasteiger partial charge in [0, 0.05) is 29.3 Å². The predicted octanol–water partition coefficient (Wildman–Crippen LogP) is 3.18. The average Bonchev–Trinajstić information content (AvgIpc) is 2.53. The molecule has 1 saturated carbocycles. The van der Waals surface area contributed by atoms with E-state index in [0.29, 0.717) is 12.5 Å². The highest BCUT2D eigenvalue weighted by atomic mass is 16.1. The lowest BCUT2D eigenvalue weighted by Gasteiger charge is -2.29. The normalized spacial score (nSPS) is 22.9. The molecule has 2 N–H and O–H groups in total. The third-order valence-corrected chi connectivity index (χ3v) is 4.49. The quantitative estimate of drug-likeness (QED) is 0.870. The Labute approximate surface area is 119 Å². The predicted molar refractivity (Wildman–Crippen MR) is 80.6 cm³/mol. The highest BCUT2D eigenvalue weighted by Crippen LogP contribution is 2.33. The summed E-state index contributed by atoms with van der Waals surface area (Å²) < 4.78 is 0. The fourth-order valence-electron chi connectivity index (χ4n) is 3.37. The molecule has 3 nitrogen and oxygen atoms in total. The van der Waals surface area contributed by atoms with Gasteiger partial charge in [-0.2, -0.15) is 0 Å². The Morgan fingerprint density at radius 1 is 1.25 bits per heavy atom. The number of hydrogen-bond donors (Lipinski definition) is 1. The summed E-state index contributed by atoms with van der Waals surface area (Å²) in [6, 6.07) is 7.81. The summed E-state index contributed by atoms with van der Waals surface area (Å²) in [7, 11) is 0. The number of pyridine rings is 1. The fourth-order valence-corrected chi connectivity index (χ4v) is 3.37. The lowest BCUT2D eigenvalue weighted by Crippen LogP contribution is -2.32. The number of benzene rings is 1. The van der Waals surface area contributed by atoms with Crippen LogP contribution < -0.4 is 5.73 Å². The van der Waals surface area contributed by atoms with Crippen LogP contribution in [0.1, 0.15) is 36.0 Å². The monoisotopic (exact) mass is 268 g/mol. The standard InChI is InChI=1S/C17H20N2O/c18-10-12-4-1-2-6-15(12)17(20)16-7-3-5-13-11-19-9-8-14(13)16/h3,5,7-9,11-12,15H,1-2,4,6,10,18H2. The molecule has 0 aliphatic heterocycles. The molecule has 0 amide bonds. The van der Waals surface area contributed by atoms with Crippen LogP contribution in [-0.2, 0) is 0 Å². The van der Waals surface area contributed by atoms with Crippen LogP contribution in [0.3, 0.4) is 0 Å². The topological polar surface area (TPSA) is 56.0 Å². The molecule has 2 aromatic rings. The number of fused-ring (bicyclic) bond motifs is 1. The largest absolute Gasteiger partial charge is 0.330 e. The maximum absolute atomic E-state index is 12.9. The van der Waals surface area contributed by atoms with Gasteiger partial charge in [-0.3, -0.25) is 9.78 Å². The van der Waals surface area contributed by atoms with Crippen molar-refractivity contribution in [2.24, 2.45) is 17.6 Å². The Hall–Kier alpha value is -1.74. The van der Waals surface area contributed by atoms with Crippen molar-refractivity contribution in [2.75, 3.05) is 6.54 Å². The molecule has 0 radical (unpaired) electrons. The number of ketones is 1. The fraction of sp³-hybridized carbons (Fsp3) is 0.412. The zero-order chi connectivity index (χ0) is 13.9. The Balaban J connectivity index is 1.99. The Morgan fingerprint density at radius 2 is 2.10 bits per heavy atom. The summed E-state index contributed by atoms with van der Waals surface area (Å²) in [5.41, 5.74) is 6.69. The second-order valence-corrected chi connectivity index (χ2v) is 5.65.